The summed E-state index contributed by atoms with van der Waals surface area (Å²) in [6.45, 7) is 1.76. The van der Waals surface area contributed by atoms with Gasteiger partial charge in [-0.25, -0.2) is 4.68 Å². The minimum Gasteiger partial charge on any atom is -0.288 e. The lowest BCUT2D eigenvalue weighted by atomic mass is 10.3. The first kappa shape index (κ1) is 12.1. The average Bonchev–Trinajstić information content (AvgIpc) is 3.09. The molecule has 0 radical (unpaired) electrons. The SMILES string of the molecule is Cc1nc(NC(=O)c2ccn(-c3ccccc3)n2)n[nH]1. The number of carbonyl (C=O) groups excluding carboxylic acids is 1. The molecule has 0 bridgehead atoms. The summed E-state index contributed by atoms with van der Waals surface area (Å²) in [5.74, 6) is 0.524. The van der Waals surface area contributed by atoms with Crippen LogP contribution in [0.25, 0.3) is 5.69 Å². The molecule has 0 unspecified atom stereocenters. The number of aromatic amines is 1. The molecule has 20 heavy (non-hydrogen) atoms. The zero-order chi connectivity index (χ0) is 13.9. The van der Waals surface area contributed by atoms with Crippen LogP contribution in [0.4, 0.5) is 5.95 Å². The first-order valence-corrected chi connectivity index (χ1v) is 6.04. The summed E-state index contributed by atoms with van der Waals surface area (Å²) >= 11 is 0. The second kappa shape index (κ2) is 4.96. The number of para-hydroxylation sites is 1. The summed E-state index contributed by atoms with van der Waals surface area (Å²) in [5, 5.41) is 13.3. The minimum absolute atomic E-state index is 0.238. The fourth-order valence-corrected chi connectivity index (χ4v) is 1.73. The van der Waals surface area contributed by atoms with Gasteiger partial charge in [-0.05, 0) is 25.1 Å². The Labute approximate surface area is 114 Å². The number of hydrogen-bond acceptors (Lipinski definition) is 4. The van der Waals surface area contributed by atoms with Crippen LogP contribution in [-0.4, -0.2) is 30.9 Å². The smallest absolute Gasteiger partial charge is 0.278 e. The van der Waals surface area contributed by atoms with Gasteiger partial charge in [-0.2, -0.15) is 10.1 Å². The van der Waals surface area contributed by atoms with Gasteiger partial charge in [-0.3, -0.25) is 15.2 Å². The zero-order valence-corrected chi connectivity index (χ0v) is 10.7. The Morgan fingerprint density at radius 3 is 2.75 bits per heavy atom. The largest absolute Gasteiger partial charge is 0.288 e. The van der Waals surface area contributed by atoms with Gasteiger partial charge in [0.1, 0.15) is 5.82 Å². The van der Waals surface area contributed by atoms with Gasteiger partial charge in [-0.1, -0.05) is 18.2 Å². The molecule has 0 saturated heterocycles. The number of anilines is 1. The minimum atomic E-state index is -0.348. The number of nitrogens with zero attached hydrogens (tertiary/aromatic N) is 4. The highest BCUT2D eigenvalue weighted by Crippen LogP contribution is 2.08. The fourth-order valence-electron chi connectivity index (χ4n) is 1.73. The monoisotopic (exact) mass is 268 g/mol. The molecule has 0 aliphatic rings. The van der Waals surface area contributed by atoms with E-state index >= 15 is 0 Å². The molecule has 0 fully saturated rings. The van der Waals surface area contributed by atoms with Gasteiger partial charge in [-0.15, -0.1) is 5.10 Å². The van der Waals surface area contributed by atoms with Crippen LogP contribution in [0.15, 0.2) is 42.6 Å². The van der Waals surface area contributed by atoms with Gasteiger partial charge in [0, 0.05) is 6.20 Å². The Morgan fingerprint density at radius 2 is 2.05 bits per heavy atom. The van der Waals surface area contributed by atoms with Crippen molar-refractivity contribution in [1.82, 2.24) is 25.0 Å². The molecule has 2 heterocycles. The Bertz CT molecular complexity index is 730. The molecule has 0 saturated carbocycles. The molecule has 2 N–H and O–H groups in total. The third kappa shape index (κ3) is 2.41. The molecule has 1 aromatic carbocycles. The number of aromatic nitrogens is 5. The van der Waals surface area contributed by atoms with E-state index in [0.29, 0.717) is 11.5 Å². The highest BCUT2D eigenvalue weighted by molar-refractivity contribution is 6.01. The Balaban J connectivity index is 1.78. The summed E-state index contributed by atoms with van der Waals surface area (Å²) in [4.78, 5) is 16.0. The first-order chi connectivity index (χ1) is 9.72. The molecule has 7 nitrogen and oxygen atoms in total. The summed E-state index contributed by atoms with van der Waals surface area (Å²) in [6, 6.07) is 11.2. The molecular weight excluding hydrogens is 256 g/mol. The van der Waals surface area contributed by atoms with Crippen LogP contribution in [0.2, 0.25) is 0 Å². The topological polar surface area (TPSA) is 88.5 Å². The standard InChI is InChI=1S/C13H12N6O/c1-9-14-13(17-16-9)15-12(20)11-7-8-19(18-11)10-5-3-2-4-6-10/h2-8H,1H3,(H2,14,15,16,17,20). The van der Waals surface area contributed by atoms with Crippen molar-refractivity contribution < 1.29 is 4.79 Å². The fraction of sp³-hybridized carbons (Fsp3) is 0.0769. The van der Waals surface area contributed by atoms with E-state index in [1.54, 1.807) is 23.9 Å². The van der Waals surface area contributed by atoms with E-state index in [0.717, 1.165) is 5.69 Å². The van der Waals surface area contributed by atoms with Crippen LogP contribution in [0.3, 0.4) is 0 Å². The molecule has 100 valence electrons. The Kier molecular flexibility index (Phi) is 3.00. The number of H-pyrrole nitrogens is 1. The number of nitrogens with one attached hydrogen (secondary N) is 2. The molecule has 0 aliphatic heterocycles. The highest BCUT2D eigenvalue weighted by atomic mass is 16.2. The van der Waals surface area contributed by atoms with Gasteiger partial charge in [0.05, 0.1) is 5.69 Å². The van der Waals surface area contributed by atoms with Gasteiger partial charge >= 0.3 is 0 Å². The van der Waals surface area contributed by atoms with Crippen LogP contribution < -0.4 is 5.32 Å². The van der Waals surface area contributed by atoms with Crippen molar-refractivity contribution in [3.05, 3.63) is 54.1 Å². The van der Waals surface area contributed by atoms with E-state index < -0.39 is 0 Å². The van der Waals surface area contributed by atoms with Gasteiger partial charge in [0.25, 0.3) is 5.91 Å². The number of hydrogen-bond donors (Lipinski definition) is 2. The van der Waals surface area contributed by atoms with Crippen molar-refractivity contribution in [3.63, 3.8) is 0 Å². The van der Waals surface area contributed by atoms with Crippen LogP contribution in [0.1, 0.15) is 16.3 Å². The normalized spacial score (nSPS) is 10.4. The number of amides is 1. The molecule has 0 atom stereocenters. The van der Waals surface area contributed by atoms with Crippen molar-refractivity contribution in [2.75, 3.05) is 5.32 Å². The number of carbonyl (C=O) groups is 1. The second-order valence-corrected chi connectivity index (χ2v) is 4.18. The van der Waals surface area contributed by atoms with Gasteiger partial charge in [0.15, 0.2) is 5.69 Å². The Hall–Kier alpha value is -2.96. The van der Waals surface area contributed by atoms with Gasteiger partial charge in [0.2, 0.25) is 5.95 Å². The lowest BCUT2D eigenvalue weighted by Gasteiger charge is -2.00. The van der Waals surface area contributed by atoms with Crippen molar-refractivity contribution in [3.8, 4) is 5.69 Å². The summed E-state index contributed by atoms with van der Waals surface area (Å²) in [6.07, 6.45) is 1.73. The van der Waals surface area contributed by atoms with Crippen LogP contribution in [0, 0.1) is 6.92 Å². The maximum absolute atomic E-state index is 12.0. The summed E-state index contributed by atoms with van der Waals surface area (Å²) in [5.41, 5.74) is 1.19. The lowest BCUT2D eigenvalue weighted by molar-refractivity contribution is 0.102. The third-order valence-electron chi connectivity index (χ3n) is 2.66. The number of aryl methyl sites for hydroxylation is 1. The molecule has 3 aromatic rings. The molecule has 3 rings (SSSR count). The quantitative estimate of drug-likeness (QED) is 0.754. The summed E-state index contributed by atoms with van der Waals surface area (Å²) < 4.78 is 1.64. The molecule has 2 aromatic heterocycles. The third-order valence-corrected chi connectivity index (χ3v) is 2.66. The van der Waals surface area contributed by atoms with Crippen LogP contribution in [-0.2, 0) is 0 Å². The molecule has 1 amide bonds. The predicted molar refractivity (Wildman–Crippen MR) is 72.6 cm³/mol. The predicted octanol–water partition coefficient (Wildman–Crippen LogP) is 1.55. The van der Waals surface area contributed by atoms with Gasteiger partial charge < -0.3 is 0 Å². The number of rotatable bonds is 3. The van der Waals surface area contributed by atoms with Crippen molar-refractivity contribution in [1.29, 1.82) is 0 Å². The second-order valence-electron chi connectivity index (χ2n) is 4.18. The van der Waals surface area contributed by atoms with Crippen molar-refractivity contribution in [2.24, 2.45) is 0 Å². The lowest BCUT2D eigenvalue weighted by Crippen LogP contribution is -2.14. The van der Waals surface area contributed by atoms with Crippen molar-refractivity contribution in [2.45, 2.75) is 6.92 Å². The van der Waals surface area contributed by atoms with E-state index in [4.69, 9.17) is 0 Å². The number of benzene rings is 1. The molecule has 0 aliphatic carbocycles. The molecular formula is C13H12N6O. The van der Waals surface area contributed by atoms with E-state index in [1.807, 2.05) is 30.3 Å². The average molecular weight is 268 g/mol. The van der Waals surface area contributed by atoms with Crippen molar-refractivity contribution >= 4 is 11.9 Å². The first-order valence-electron chi connectivity index (χ1n) is 6.04. The van der Waals surface area contributed by atoms with E-state index in [9.17, 15) is 4.79 Å². The maximum atomic E-state index is 12.0. The molecule has 7 heteroatoms. The zero-order valence-electron chi connectivity index (χ0n) is 10.7. The van der Waals surface area contributed by atoms with E-state index in [1.165, 1.54) is 0 Å². The van der Waals surface area contributed by atoms with Crippen LogP contribution in [0.5, 0.6) is 0 Å². The van der Waals surface area contributed by atoms with Crippen LogP contribution >= 0.6 is 0 Å². The highest BCUT2D eigenvalue weighted by Gasteiger charge is 2.12. The Morgan fingerprint density at radius 1 is 1.25 bits per heavy atom. The summed E-state index contributed by atoms with van der Waals surface area (Å²) in [7, 11) is 0. The molecule has 0 spiro atoms. The van der Waals surface area contributed by atoms with E-state index in [2.05, 4.69) is 25.6 Å². The van der Waals surface area contributed by atoms with E-state index in [-0.39, 0.29) is 11.9 Å². The maximum Gasteiger partial charge on any atom is 0.278 e.